The van der Waals surface area contributed by atoms with Crippen molar-refractivity contribution >= 4 is 23.4 Å². The number of hydrogen-bond donors (Lipinski definition) is 0. The standard InChI is InChI=1S/C26H24O4/c1-18-13-14-19(2)22(15-18)24(27)17-30-26(28)23(20-9-5-4-6-10-20)16-21-11-7-8-12-25(21)29-3/h4-16H,17H2,1-3H3. The van der Waals surface area contributed by atoms with Gasteiger partial charge in [0, 0.05) is 11.1 Å². The van der Waals surface area contributed by atoms with Crippen molar-refractivity contribution in [3.05, 3.63) is 101 Å². The van der Waals surface area contributed by atoms with Crippen LogP contribution in [0.1, 0.15) is 32.6 Å². The molecule has 152 valence electrons. The lowest BCUT2D eigenvalue weighted by Crippen LogP contribution is -2.16. The summed E-state index contributed by atoms with van der Waals surface area (Å²) in [6, 6.07) is 22.3. The van der Waals surface area contributed by atoms with E-state index >= 15 is 0 Å². The second-order valence-corrected chi connectivity index (χ2v) is 6.98. The summed E-state index contributed by atoms with van der Waals surface area (Å²) in [6.07, 6.45) is 1.72. The van der Waals surface area contributed by atoms with E-state index in [9.17, 15) is 9.59 Å². The molecule has 0 unspecified atom stereocenters. The van der Waals surface area contributed by atoms with Gasteiger partial charge in [-0.1, -0.05) is 66.2 Å². The maximum atomic E-state index is 13.0. The van der Waals surface area contributed by atoms with E-state index in [2.05, 4.69) is 0 Å². The Kier molecular flexibility index (Phi) is 6.81. The van der Waals surface area contributed by atoms with Crippen molar-refractivity contribution in [3.8, 4) is 5.75 Å². The molecule has 0 aromatic heterocycles. The average molecular weight is 400 g/mol. The number of ether oxygens (including phenoxy) is 2. The van der Waals surface area contributed by atoms with Gasteiger partial charge in [0.15, 0.2) is 6.61 Å². The maximum absolute atomic E-state index is 13.0. The molecule has 0 atom stereocenters. The first-order valence-electron chi connectivity index (χ1n) is 9.67. The minimum absolute atomic E-state index is 0.228. The van der Waals surface area contributed by atoms with Gasteiger partial charge in [-0.2, -0.15) is 0 Å². The molecule has 3 aromatic rings. The van der Waals surface area contributed by atoms with Gasteiger partial charge in [-0.3, -0.25) is 4.79 Å². The average Bonchev–Trinajstić information content (AvgIpc) is 2.78. The van der Waals surface area contributed by atoms with Crippen LogP contribution in [0.4, 0.5) is 0 Å². The molecular formula is C26H24O4. The van der Waals surface area contributed by atoms with E-state index in [0.717, 1.165) is 16.7 Å². The SMILES string of the molecule is COc1ccccc1C=C(C(=O)OCC(=O)c1cc(C)ccc1C)c1ccccc1. The van der Waals surface area contributed by atoms with Crippen molar-refractivity contribution in [3.63, 3.8) is 0 Å². The molecule has 0 bridgehead atoms. The summed E-state index contributed by atoms with van der Waals surface area (Å²) >= 11 is 0. The minimum Gasteiger partial charge on any atom is -0.496 e. The molecule has 3 aromatic carbocycles. The zero-order valence-corrected chi connectivity index (χ0v) is 17.3. The van der Waals surface area contributed by atoms with Crippen LogP contribution in [0, 0.1) is 13.8 Å². The molecule has 0 saturated heterocycles. The largest absolute Gasteiger partial charge is 0.496 e. The van der Waals surface area contributed by atoms with Crippen molar-refractivity contribution in [2.75, 3.05) is 13.7 Å². The number of Topliss-reactive ketones (excluding diaryl/α,β-unsaturated/α-hetero) is 1. The third-order valence-electron chi connectivity index (χ3n) is 4.77. The number of rotatable bonds is 7. The summed E-state index contributed by atoms with van der Waals surface area (Å²) in [6.45, 7) is 3.47. The van der Waals surface area contributed by atoms with Gasteiger partial charge in [-0.05, 0) is 43.2 Å². The number of methoxy groups -OCH3 is 1. The van der Waals surface area contributed by atoms with Gasteiger partial charge in [-0.15, -0.1) is 0 Å². The lowest BCUT2D eigenvalue weighted by atomic mass is 10.0. The van der Waals surface area contributed by atoms with E-state index in [0.29, 0.717) is 22.4 Å². The van der Waals surface area contributed by atoms with E-state index in [-0.39, 0.29) is 12.4 Å². The number of aryl methyl sites for hydroxylation is 2. The van der Waals surface area contributed by atoms with Crippen molar-refractivity contribution in [1.82, 2.24) is 0 Å². The fourth-order valence-corrected chi connectivity index (χ4v) is 3.14. The van der Waals surface area contributed by atoms with Gasteiger partial charge in [0.25, 0.3) is 0 Å². The molecule has 0 heterocycles. The molecule has 0 fully saturated rings. The van der Waals surface area contributed by atoms with E-state index in [4.69, 9.17) is 9.47 Å². The number of esters is 1. The van der Waals surface area contributed by atoms with Crippen LogP contribution in [0.2, 0.25) is 0 Å². The van der Waals surface area contributed by atoms with Crippen molar-refractivity contribution in [1.29, 1.82) is 0 Å². The van der Waals surface area contributed by atoms with E-state index in [1.54, 1.807) is 13.2 Å². The second-order valence-electron chi connectivity index (χ2n) is 6.98. The van der Waals surface area contributed by atoms with Crippen LogP contribution < -0.4 is 4.74 Å². The topological polar surface area (TPSA) is 52.6 Å². The molecule has 0 aliphatic carbocycles. The van der Waals surface area contributed by atoms with Crippen LogP contribution in [0.15, 0.2) is 72.8 Å². The van der Waals surface area contributed by atoms with Crippen LogP contribution in [0.5, 0.6) is 5.75 Å². The maximum Gasteiger partial charge on any atom is 0.339 e. The highest BCUT2D eigenvalue weighted by Crippen LogP contribution is 2.25. The molecule has 0 radical (unpaired) electrons. The highest BCUT2D eigenvalue weighted by atomic mass is 16.5. The Morgan fingerprint density at radius 1 is 0.900 bits per heavy atom. The zero-order valence-electron chi connectivity index (χ0n) is 17.3. The molecule has 4 nitrogen and oxygen atoms in total. The van der Waals surface area contributed by atoms with Crippen molar-refractivity contribution in [2.45, 2.75) is 13.8 Å². The van der Waals surface area contributed by atoms with Gasteiger partial charge >= 0.3 is 5.97 Å². The smallest absolute Gasteiger partial charge is 0.339 e. The quantitative estimate of drug-likeness (QED) is 0.234. The predicted molar refractivity (Wildman–Crippen MR) is 119 cm³/mol. The first-order chi connectivity index (χ1) is 14.5. The third-order valence-corrected chi connectivity index (χ3v) is 4.77. The summed E-state index contributed by atoms with van der Waals surface area (Å²) in [5, 5.41) is 0. The number of benzene rings is 3. The molecule has 30 heavy (non-hydrogen) atoms. The molecule has 0 saturated carbocycles. The van der Waals surface area contributed by atoms with Crippen molar-refractivity contribution in [2.24, 2.45) is 0 Å². The third kappa shape index (κ3) is 5.03. The lowest BCUT2D eigenvalue weighted by molar-refractivity contribution is -0.135. The summed E-state index contributed by atoms with van der Waals surface area (Å²) in [5.74, 6) is -0.148. The monoisotopic (exact) mass is 400 g/mol. The summed E-state index contributed by atoms with van der Waals surface area (Å²) in [4.78, 5) is 25.6. The van der Waals surface area contributed by atoms with Gasteiger partial charge in [0.05, 0.1) is 12.7 Å². The second kappa shape index (κ2) is 9.70. The Morgan fingerprint density at radius 2 is 1.60 bits per heavy atom. The van der Waals surface area contributed by atoms with Crippen LogP contribution in [-0.4, -0.2) is 25.5 Å². The van der Waals surface area contributed by atoms with Gasteiger partial charge < -0.3 is 9.47 Å². The summed E-state index contributed by atoms with van der Waals surface area (Å²) in [7, 11) is 1.58. The molecular weight excluding hydrogens is 376 g/mol. The summed E-state index contributed by atoms with van der Waals surface area (Å²) in [5.41, 5.74) is 4.21. The minimum atomic E-state index is -0.564. The molecule has 4 heteroatoms. The van der Waals surface area contributed by atoms with Gasteiger partial charge in [0.1, 0.15) is 5.75 Å². The number of carbonyl (C=O) groups excluding carboxylic acids is 2. The Balaban J connectivity index is 1.87. The Morgan fingerprint density at radius 3 is 2.33 bits per heavy atom. The first kappa shape index (κ1) is 21.1. The fourth-order valence-electron chi connectivity index (χ4n) is 3.14. The predicted octanol–water partition coefficient (Wildman–Crippen LogP) is 5.28. The molecule has 0 spiro atoms. The van der Waals surface area contributed by atoms with Crippen LogP contribution in [0.3, 0.4) is 0 Å². The van der Waals surface area contributed by atoms with Crippen molar-refractivity contribution < 1.29 is 19.1 Å². The van der Waals surface area contributed by atoms with Crippen LogP contribution in [-0.2, 0) is 9.53 Å². The molecule has 3 rings (SSSR count). The Bertz CT molecular complexity index is 1080. The number of hydrogen-bond acceptors (Lipinski definition) is 4. The van der Waals surface area contributed by atoms with Gasteiger partial charge in [0.2, 0.25) is 5.78 Å². The number of ketones is 1. The van der Waals surface area contributed by atoms with E-state index in [1.807, 2.05) is 86.6 Å². The van der Waals surface area contributed by atoms with Crippen LogP contribution in [0.25, 0.3) is 11.6 Å². The van der Waals surface area contributed by atoms with E-state index < -0.39 is 5.97 Å². The highest BCUT2D eigenvalue weighted by molar-refractivity contribution is 6.22. The first-order valence-corrected chi connectivity index (χ1v) is 9.67. The lowest BCUT2D eigenvalue weighted by Gasteiger charge is -2.11. The van der Waals surface area contributed by atoms with E-state index in [1.165, 1.54) is 0 Å². The summed E-state index contributed by atoms with van der Waals surface area (Å²) < 4.78 is 10.8. The molecule has 0 aliphatic rings. The Labute approximate surface area is 176 Å². The number of carbonyl (C=O) groups is 2. The zero-order chi connectivity index (χ0) is 21.5. The fraction of sp³-hybridized carbons (Fsp3) is 0.154. The molecule has 0 aliphatic heterocycles. The Hall–Kier alpha value is -3.66. The highest BCUT2D eigenvalue weighted by Gasteiger charge is 2.18. The van der Waals surface area contributed by atoms with Gasteiger partial charge in [-0.25, -0.2) is 4.79 Å². The molecule has 0 amide bonds. The normalized spacial score (nSPS) is 11.1. The number of para-hydroxylation sites is 1. The molecule has 0 N–H and O–H groups in total. The van der Waals surface area contributed by atoms with Crippen LogP contribution >= 0.6 is 0 Å².